The summed E-state index contributed by atoms with van der Waals surface area (Å²) in [5.74, 6) is 0.658. The fraction of sp³-hybridized carbons (Fsp3) is 0.480. The lowest BCUT2D eigenvalue weighted by Gasteiger charge is -2.09. The van der Waals surface area contributed by atoms with Crippen LogP contribution in [0.15, 0.2) is 47.3 Å². The van der Waals surface area contributed by atoms with Gasteiger partial charge in [0.25, 0.3) is 0 Å². The van der Waals surface area contributed by atoms with Crippen molar-refractivity contribution < 1.29 is 33.5 Å². The molecule has 0 saturated heterocycles. The van der Waals surface area contributed by atoms with Gasteiger partial charge in [-0.2, -0.15) is 0 Å². The Balaban J connectivity index is 1.20. The molecule has 1 heterocycles. The van der Waals surface area contributed by atoms with E-state index in [1.165, 1.54) is 0 Å². The maximum atomic E-state index is 12.8. The Labute approximate surface area is 202 Å². The summed E-state index contributed by atoms with van der Waals surface area (Å²) in [5, 5.41) is 9.98. The van der Waals surface area contributed by atoms with E-state index in [-0.39, 0.29) is 12.0 Å². The molecule has 3 aromatic rings. The molecular formula is C25H32O8S. The molecule has 0 aliphatic rings. The fourth-order valence-corrected chi connectivity index (χ4v) is 4.19. The summed E-state index contributed by atoms with van der Waals surface area (Å²) in [6.07, 6.45) is 0. The second-order valence-electron chi connectivity index (χ2n) is 7.22. The Morgan fingerprint density at radius 3 is 1.76 bits per heavy atom. The van der Waals surface area contributed by atoms with Crippen LogP contribution in [-0.4, -0.2) is 84.4 Å². The van der Waals surface area contributed by atoms with Crippen LogP contribution in [0.3, 0.4) is 0 Å². The highest BCUT2D eigenvalue weighted by Gasteiger charge is 2.07. The minimum Gasteiger partial charge on any atom is -0.491 e. The number of hydrogen-bond acceptors (Lipinski definition) is 9. The van der Waals surface area contributed by atoms with E-state index < -0.39 is 0 Å². The molecule has 34 heavy (non-hydrogen) atoms. The first-order valence-electron chi connectivity index (χ1n) is 11.4. The molecule has 186 valence electrons. The smallest absolute Gasteiger partial charge is 0.196 e. The minimum atomic E-state index is 0.0236. The van der Waals surface area contributed by atoms with Crippen molar-refractivity contribution in [2.75, 3.05) is 79.3 Å². The van der Waals surface area contributed by atoms with E-state index >= 15 is 0 Å². The summed E-state index contributed by atoms with van der Waals surface area (Å²) in [4.78, 5) is 12.8. The molecule has 0 atom stereocenters. The first-order valence-corrected chi connectivity index (χ1v) is 12.2. The third-order valence-electron chi connectivity index (χ3n) is 4.77. The SMILES string of the molecule is O=c1c2ccccc2sc2ccc(OCCOCCOCCOCCOCCOCCO)cc12. The zero-order valence-corrected chi connectivity index (χ0v) is 20.1. The van der Waals surface area contributed by atoms with Crippen molar-refractivity contribution in [3.8, 4) is 5.75 Å². The van der Waals surface area contributed by atoms with Crippen LogP contribution < -0.4 is 10.2 Å². The Bertz CT molecular complexity index is 1040. The molecule has 1 N–H and O–H groups in total. The minimum absolute atomic E-state index is 0.0236. The van der Waals surface area contributed by atoms with E-state index in [4.69, 9.17) is 33.5 Å². The molecule has 2 aromatic carbocycles. The lowest BCUT2D eigenvalue weighted by atomic mass is 10.2. The maximum absolute atomic E-state index is 12.8. The van der Waals surface area contributed by atoms with Gasteiger partial charge in [-0.15, -0.1) is 11.3 Å². The molecule has 0 amide bonds. The largest absolute Gasteiger partial charge is 0.491 e. The molecule has 0 saturated carbocycles. The van der Waals surface area contributed by atoms with Crippen molar-refractivity contribution in [3.05, 3.63) is 52.7 Å². The average molecular weight is 493 g/mol. The van der Waals surface area contributed by atoms with E-state index in [0.29, 0.717) is 83.8 Å². The molecule has 9 heteroatoms. The van der Waals surface area contributed by atoms with Crippen molar-refractivity contribution >= 4 is 31.5 Å². The van der Waals surface area contributed by atoms with Gasteiger partial charge in [0.2, 0.25) is 0 Å². The summed E-state index contributed by atoms with van der Waals surface area (Å²) in [5.41, 5.74) is 0.0311. The Kier molecular flexibility index (Phi) is 12.3. The summed E-state index contributed by atoms with van der Waals surface area (Å²) in [6, 6.07) is 13.3. The number of benzene rings is 2. The third-order valence-corrected chi connectivity index (χ3v) is 5.92. The highest BCUT2D eigenvalue weighted by molar-refractivity contribution is 7.24. The molecular weight excluding hydrogens is 460 g/mol. The van der Waals surface area contributed by atoms with Gasteiger partial charge in [0.1, 0.15) is 12.4 Å². The number of rotatable bonds is 18. The first kappa shape index (κ1) is 26.5. The number of ether oxygens (including phenoxy) is 6. The Hall–Kier alpha value is -2.11. The van der Waals surface area contributed by atoms with Gasteiger partial charge in [-0.3, -0.25) is 4.79 Å². The van der Waals surface area contributed by atoms with Crippen molar-refractivity contribution in [1.29, 1.82) is 0 Å². The van der Waals surface area contributed by atoms with E-state index in [0.717, 1.165) is 14.8 Å². The molecule has 8 nitrogen and oxygen atoms in total. The van der Waals surface area contributed by atoms with Gasteiger partial charge in [0, 0.05) is 20.2 Å². The topological polar surface area (TPSA) is 92.7 Å². The van der Waals surface area contributed by atoms with Crippen molar-refractivity contribution in [3.63, 3.8) is 0 Å². The normalized spacial score (nSPS) is 11.4. The van der Waals surface area contributed by atoms with Crippen molar-refractivity contribution in [2.45, 2.75) is 0 Å². The molecule has 3 rings (SSSR count). The van der Waals surface area contributed by atoms with E-state index in [9.17, 15) is 4.79 Å². The van der Waals surface area contributed by atoms with Gasteiger partial charge in [-0.05, 0) is 30.3 Å². The second-order valence-corrected chi connectivity index (χ2v) is 8.30. The molecule has 0 radical (unpaired) electrons. The number of aliphatic hydroxyl groups excluding tert-OH is 1. The van der Waals surface area contributed by atoms with Crippen LogP contribution in [0.1, 0.15) is 0 Å². The van der Waals surface area contributed by atoms with Crippen LogP contribution in [0.25, 0.3) is 20.2 Å². The maximum Gasteiger partial charge on any atom is 0.196 e. The summed E-state index contributed by atoms with van der Waals surface area (Å²) >= 11 is 1.60. The molecule has 1 aromatic heterocycles. The standard InChI is InChI=1S/C25H32O8S/c26-7-8-28-9-10-29-11-12-30-13-14-31-15-16-32-17-18-33-20-5-6-24-22(19-20)25(27)21-3-1-2-4-23(21)34-24/h1-6,19,26H,7-18H2. The molecule has 0 aliphatic heterocycles. The molecule has 0 bridgehead atoms. The second kappa shape index (κ2) is 15.7. The van der Waals surface area contributed by atoms with E-state index in [1.54, 1.807) is 17.4 Å². The summed E-state index contributed by atoms with van der Waals surface area (Å²) in [7, 11) is 0. The van der Waals surface area contributed by atoms with Gasteiger partial charge < -0.3 is 33.5 Å². The summed E-state index contributed by atoms with van der Waals surface area (Å²) < 4.78 is 34.5. The Morgan fingerprint density at radius 1 is 0.618 bits per heavy atom. The van der Waals surface area contributed by atoms with Gasteiger partial charge in [0.05, 0.1) is 72.7 Å². The van der Waals surface area contributed by atoms with Gasteiger partial charge in [-0.25, -0.2) is 0 Å². The zero-order valence-electron chi connectivity index (χ0n) is 19.2. The number of hydrogen-bond donors (Lipinski definition) is 1. The third kappa shape index (κ3) is 8.92. The molecule has 0 unspecified atom stereocenters. The van der Waals surface area contributed by atoms with Crippen LogP contribution >= 0.6 is 11.3 Å². The molecule has 0 spiro atoms. The van der Waals surface area contributed by atoms with Crippen LogP contribution in [0, 0.1) is 0 Å². The van der Waals surface area contributed by atoms with Crippen molar-refractivity contribution in [1.82, 2.24) is 0 Å². The fourth-order valence-electron chi connectivity index (χ4n) is 3.14. The van der Waals surface area contributed by atoms with Crippen LogP contribution in [-0.2, 0) is 23.7 Å². The highest BCUT2D eigenvalue weighted by Crippen LogP contribution is 2.27. The average Bonchev–Trinajstić information content (AvgIpc) is 2.86. The van der Waals surface area contributed by atoms with Crippen LogP contribution in [0.4, 0.5) is 0 Å². The number of aliphatic hydroxyl groups is 1. The zero-order chi connectivity index (χ0) is 23.8. The van der Waals surface area contributed by atoms with Gasteiger partial charge in [0.15, 0.2) is 5.43 Å². The first-order chi connectivity index (χ1) is 16.8. The summed E-state index contributed by atoms with van der Waals surface area (Å²) in [6.45, 7) is 5.06. The van der Waals surface area contributed by atoms with E-state index in [1.807, 2.05) is 36.4 Å². The lowest BCUT2D eigenvalue weighted by molar-refractivity contribution is -0.0146. The lowest BCUT2D eigenvalue weighted by Crippen LogP contribution is -2.14. The van der Waals surface area contributed by atoms with Gasteiger partial charge >= 0.3 is 0 Å². The quantitative estimate of drug-likeness (QED) is 0.214. The van der Waals surface area contributed by atoms with Gasteiger partial charge in [-0.1, -0.05) is 12.1 Å². The number of fused-ring (bicyclic) bond motifs is 2. The monoisotopic (exact) mass is 492 g/mol. The van der Waals surface area contributed by atoms with Crippen molar-refractivity contribution in [2.24, 2.45) is 0 Å². The van der Waals surface area contributed by atoms with E-state index in [2.05, 4.69) is 0 Å². The molecule has 0 aliphatic carbocycles. The highest BCUT2D eigenvalue weighted by atomic mass is 32.1. The predicted molar refractivity (Wildman–Crippen MR) is 132 cm³/mol. The molecule has 0 fully saturated rings. The van der Waals surface area contributed by atoms with Crippen LogP contribution in [0.5, 0.6) is 5.75 Å². The Morgan fingerprint density at radius 2 is 1.15 bits per heavy atom. The predicted octanol–water partition coefficient (Wildman–Crippen LogP) is 2.87. The van der Waals surface area contributed by atoms with Crippen LogP contribution in [0.2, 0.25) is 0 Å².